The Morgan fingerprint density at radius 3 is 2.50 bits per heavy atom. The van der Waals surface area contributed by atoms with Crippen LogP contribution >= 0.6 is 23.2 Å². The smallest absolute Gasteiger partial charge is 0.328 e. The van der Waals surface area contributed by atoms with Crippen molar-refractivity contribution in [1.29, 1.82) is 0 Å². The third-order valence-corrected chi connectivity index (χ3v) is 6.59. The van der Waals surface area contributed by atoms with Crippen LogP contribution in [0.3, 0.4) is 0 Å². The molecule has 2 N–H and O–H groups in total. The molecular formula is C26H28Cl2N2O2. The molecule has 0 saturated heterocycles. The van der Waals surface area contributed by atoms with Crippen LogP contribution in [-0.2, 0) is 11.2 Å². The molecule has 0 amide bonds. The summed E-state index contributed by atoms with van der Waals surface area (Å²) in [6, 6.07) is 12.1. The number of hydrogen-bond acceptors (Lipinski definition) is 2. The fourth-order valence-electron chi connectivity index (χ4n) is 4.74. The molecule has 0 bridgehead atoms. The lowest BCUT2D eigenvalue weighted by Gasteiger charge is -2.44. The molecule has 168 valence electrons. The van der Waals surface area contributed by atoms with Crippen LogP contribution in [0.1, 0.15) is 56.1 Å². The second-order valence-electron chi connectivity index (χ2n) is 9.82. The maximum atomic E-state index is 10.9. The zero-order valence-electron chi connectivity index (χ0n) is 18.7. The number of nitrogens with one attached hydrogen (secondary N) is 1. The second kappa shape index (κ2) is 8.58. The quantitative estimate of drug-likeness (QED) is 0.405. The number of aromatic nitrogens is 1. The number of nitrogens with zero attached hydrogens (tertiary/aromatic N) is 1. The average molecular weight is 471 g/mol. The molecule has 0 aliphatic carbocycles. The molecule has 4 nitrogen and oxygen atoms in total. The maximum Gasteiger partial charge on any atom is 0.328 e. The van der Waals surface area contributed by atoms with Gasteiger partial charge in [-0.1, -0.05) is 62.2 Å². The Kier molecular flexibility index (Phi) is 6.15. The fourth-order valence-corrected chi connectivity index (χ4v) is 5.45. The van der Waals surface area contributed by atoms with Gasteiger partial charge in [0.25, 0.3) is 0 Å². The summed E-state index contributed by atoms with van der Waals surface area (Å²) in [5.41, 5.74) is 5.15. The molecule has 0 radical (unpaired) electrons. The number of aliphatic carboxylic acids is 1. The Labute approximate surface area is 198 Å². The Hall–Kier alpha value is -2.27. The third kappa shape index (κ3) is 4.45. The highest BCUT2D eigenvalue weighted by atomic mass is 35.5. The Balaban J connectivity index is 1.92. The van der Waals surface area contributed by atoms with E-state index < -0.39 is 5.97 Å². The number of aromatic amines is 1. The predicted octanol–water partition coefficient (Wildman–Crippen LogP) is 6.95. The van der Waals surface area contributed by atoms with Crippen molar-refractivity contribution < 1.29 is 9.90 Å². The van der Waals surface area contributed by atoms with E-state index in [1.54, 1.807) is 12.1 Å². The van der Waals surface area contributed by atoms with E-state index in [1.165, 1.54) is 17.0 Å². The van der Waals surface area contributed by atoms with Gasteiger partial charge in [0.05, 0.1) is 6.04 Å². The molecular weight excluding hydrogens is 443 g/mol. The largest absolute Gasteiger partial charge is 0.478 e. The van der Waals surface area contributed by atoms with E-state index in [2.05, 4.69) is 55.8 Å². The first kappa shape index (κ1) is 22.9. The van der Waals surface area contributed by atoms with Crippen LogP contribution in [0, 0.1) is 5.41 Å². The molecule has 3 aromatic rings. The van der Waals surface area contributed by atoms with Crippen molar-refractivity contribution in [2.24, 2.45) is 5.41 Å². The van der Waals surface area contributed by atoms with Gasteiger partial charge in [0.2, 0.25) is 0 Å². The van der Waals surface area contributed by atoms with Crippen LogP contribution in [0.2, 0.25) is 10.0 Å². The van der Waals surface area contributed by atoms with Gasteiger partial charge in [-0.15, -0.1) is 0 Å². The number of rotatable bonds is 4. The Bertz CT molecular complexity index is 1180. The standard InChI is InChI=1S/C26H28Cl2N2O2/c1-15-11-18-17-7-5-6-8-21(17)29-24(18)25(30(15)14-26(2,3)4)23-19(27)12-16(13-20(23)28)9-10-22(31)32/h5-10,12-13,15,25,29H,11,14H2,1-4H3,(H,31,32)/b10-9+/t15-,25-/m1/s1. The molecule has 2 aromatic carbocycles. The highest BCUT2D eigenvalue weighted by Crippen LogP contribution is 2.46. The molecule has 32 heavy (non-hydrogen) atoms. The summed E-state index contributed by atoms with van der Waals surface area (Å²) >= 11 is 13.7. The molecule has 0 fully saturated rings. The molecule has 1 aliphatic rings. The lowest BCUT2D eigenvalue weighted by Crippen LogP contribution is -2.46. The molecule has 1 aromatic heterocycles. The maximum absolute atomic E-state index is 10.9. The number of fused-ring (bicyclic) bond motifs is 3. The van der Waals surface area contributed by atoms with Crippen LogP contribution in [-0.4, -0.2) is 33.5 Å². The lowest BCUT2D eigenvalue weighted by atomic mass is 9.85. The number of carboxylic acid groups (broad SMARTS) is 1. The van der Waals surface area contributed by atoms with E-state index in [4.69, 9.17) is 28.3 Å². The number of H-pyrrole nitrogens is 1. The molecule has 2 heterocycles. The summed E-state index contributed by atoms with van der Waals surface area (Å²) in [7, 11) is 0. The minimum atomic E-state index is -1.01. The zero-order valence-corrected chi connectivity index (χ0v) is 20.3. The van der Waals surface area contributed by atoms with E-state index >= 15 is 0 Å². The van der Waals surface area contributed by atoms with Gasteiger partial charge >= 0.3 is 5.97 Å². The first-order valence-electron chi connectivity index (χ1n) is 10.8. The van der Waals surface area contributed by atoms with E-state index in [0.29, 0.717) is 21.7 Å². The van der Waals surface area contributed by atoms with Crippen LogP contribution in [0.15, 0.2) is 42.5 Å². The number of carboxylic acids is 1. The molecule has 0 unspecified atom stereocenters. The van der Waals surface area contributed by atoms with Crippen molar-refractivity contribution >= 4 is 46.2 Å². The van der Waals surface area contributed by atoms with Crippen molar-refractivity contribution in [2.75, 3.05) is 6.54 Å². The van der Waals surface area contributed by atoms with Crippen molar-refractivity contribution in [3.8, 4) is 0 Å². The first-order chi connectivity index (χ1) is 15.0. The van der Waals surface area contributed by atoms with Gasteiger partial charge in [0.15, 0.2) is 0 Å². The third-order valence-electron chi connectivity index (χ3n) is 5.97. The Morgan fingerprint density at radius 2 is 1.88 bits per heavy atom. The molecule has 4 rings (SSSR count). The van der Waals surface area contributed by atoms with Gasteiger partial charge in [-0.05, 0) is 54.2 Å². The van der Waals surface area contributed by atoms with Crippen LogP contribution < -0.4 is 0 Å². The summed E-state index contributed by atoms with van der Waals surface area (Å²) in [6.45, 7) is 9.84. The second-order valence-corrected chi connectivity index (χ2v) is 10.6. The number of hydrogen-bond donors (Lipinski definition) is 2. The Morgan fingerprint density at radius 1 is 1.22 bits per heavy atom. The van der Waals surface area contributed by atoms with Crippen molar-refractivity contribution in [1.82, 2.24) is 9.88 Å². The minimum absolute atomic E-state index is 0.0825. The first-order valence-corrected chi connectivity index (χ1v) is 11.6. The van der Waals surface area contributed by atoms with Gasteiger partial charge in [-0.25, -0.2) is 4.79 Å². The van der Waals surface area contributed by atoms with Crippen molar-refractivity contribution in [3.63, 3.8) is 0 Å². The molecule has 1 aliphatic heterocycles. The van der Waals surface area contributed by atoms with Gasteiger partial charge in [-0.2, -0.15) is 0 Å². The normalized spacial score (nSPS) is 19.6. The highest BCUT2D eigenvalue weighted by Gasteiger charge is 2.39. The van der Waals surface area contributed by atoms with Crippen molar-refractivity contribution in [3.05, 3.63) is 74.9 Å². The lowest BCUT2D eigenvalue weighted by molar-refractivity contribution is -0.131. The predicted molar refractivity (Wildman–Crippen MR) is 133 cm³/mol. The van der Waals surface area contributed by atoms with Crippen LogP contribution in [0.5, 0.6) is 0 Å². The SMILES string of the molecule is C[C@@H]1Cc2c([nH]c3ccccc23)[C@@H](c2c(Cl)cc(/C=C/C(=O)O)cc2Cl)N1CC(C)(C)C. The van der Waals surface area contributed by atoms with Gasteiger partial charge < -0.3 is 10.1 Å². The highest BCUT2D eigenvalue weighted by molar-refractivity contribution is 6.36. The minimum Gasteiger partial charge on any atom is -0.478 e. The average Bonchev–Trinajstić information content (AvgIpc) is 3.05. The monoisotopic (exact) mass is 470 g/mol. The number of para-hydroxylation sites is 1. The topological polar surface area (TPSA) is 56.3 Å². The number of benzene rings is 2. The number of halogens is 2. The zero-order chi connectivity index (χ0) is 23.2. The van der Waals surface area contributed by atoms with E-state index in [0.717, 1.165) is 35.8 Å². The van der Waals surface area contributed by atoms with Crippen molar-refractivity contribution in [2.45, 2.75) is 46.2 Å². The molecule has 0 spiro atoms. The van der Waals surface area contributed by atoms with E-state index in [9.17, 15) is 4.79 Å². The summed E-state index contributed by atoms with van der Waals surface area (Å²) in [4.78, 5) is 17.1. The summed E-state index contributed by atoms with van der Waals surface area (Å²) in [6.07, 6.45) is 3.54. The summed E-state index contributed by atoms with van der Waals surface area (Å²) in [5.74, 6) is -1.01. The van der Waals surface area contributed by atoms with Gasteiger partial charge in [0, 0.05) is 50.9 Å². The van der Waals surface area contributed by atoms with Gasteiger partial charge in [-0.3, -0.25) is 4.90 Å². The van der Waals surface area contributed by atoms with Crippen LogP contribution in [0.25, 0.3) is 17.0 Å². The van der Waals surface area contributed by atoms with Crippen LogP contribution in [0.4, 0.5) is 0 Å². The van der Waals surface area contributed by atoms with E-state index in [1.807, 2.05) is 6.07 Å². The summed E-state index contributed by atoms with van der Waals surface area (Å²) < 4.78 is 0. The van der Waals surface area contributed by atoms with Gasteiger partial charge in [0.1, 0.15) is 0 Å². The molecule has 2 atom stereocenters. The molecule has 0 saturated carbocycles. The van der Waals surface area contributed by atoms with E-state index in [-0.39, 0.29) is 11.5 Å². The molecule has 6 heteroatoms. The fraction of sp³-hybridized carbons (Fsp3) is 0.346. The summed E-state index contributed by atoms with van der Waals surface area (Å²) in [5, 5.41) is 11.3. The number of carbonyl (C=O) groups is 1.